The number of aryl methyl sites for hydroxylation is 3. The van der Waals surface area contributed by atoms with Crippen molar-refractivity contribution in [2.24, 2.45) is 0 Å². The zero-order chi connectivity index (χ0) is 19.9. The molecule has 0 aliphatic rings. The number of benzene rings is 2. The van der Waals surface area contributed by atoms with Crippen LogP contribution in [0.1, 0.15) is 30.0 Å². The summed E-state index contributed by atoms with van der Waals surface area (Å²) in [4.78, 5) is 12.3. The molecular formula is C21H25N5OS. The molecule has 0 aliphatic carbocycles. The van der Waals surface area contributed by atoms with Crippen molar-refractivity contribution in [2.45, 2.75) is 44.8 Å². The Kier molecular flexibility index (Phi) is 6.81. The van der Waals surface area contributed by atoms with Crippen molar-refractivity contribution in [1.29, 1.82) is 0 Å². The van der Waals surface area contributed by atoms with Crippen LogP contribution in [0.3, 0.4) is 0 Å². The first-order chi connectivity index (χ1) is 13.5. The maximum atomic E-state index is 12.3. The molecule has 0 aliphatic heterocycles. The average Bonchev–Trinajstić information content (AvgIpc) is 3.14. The third-order valence-corrected chi connectivity index (χ3v) is 5.46. The largest absolute Gasteiger partial charge is 0.353 e. The molecule has 28 heavy (non-hydrogen) atoms. The SMILES string of the molecule is Cc1cccc(C)c1-n1nnnc1SCC(=O)N[C@H](C)CCc1ccccc1. The number of amides is 1. The van der Waals surface area contributed by atoms with E-state index in [0.29, 0.717) is 5.16 Å². The summed E-state index contributed by atoms with van der Waals surface area (Å²) in [5.74, 6) is 0.266. The Morgan fingerprint density at radius 3 is 2.54 bits per heavy atom. The third kappa shape index (κ3) is 5.19. The summed E-state index contributed by atoms with van der Waals surface area (Å²) in [5, 5.41) is 15.7. The van der Waals surface area contributed by atoms with Gasteiger partial charge in [0.2, 0.25) is 11.1 Å². The smallest absolute Gasteiger partial charge is 0.230 e. The number of rotatable bonds is 8. The Morgan fingerprint density at radius 1 is 1.11 bits per heavy atom. The van der Waals surface area contributed by atoms with E-state index in [9.17, 15) is 4.79 Å². The lowest BCUT2D eigenvalue weighted by atomic mass is 10.1. The molecule has 1 aromatic heterocycles. The molecule has 1 heterocycles. The van der Waals surface area contributed by atoms with E-state index in [1.54, 1.807) is 4.68 Å². The van der Waals surface area contributed by atoms with Crippen LogP contribution in [0.5, 0.6) is 0 Å². The quantitative estimate of drug-likeness (QED) is 0.591. The summed E-state index contributed by atoms with van der Waals surface area (Å²) < 4.78 is 1.71. The molecule has 1 amide bonds. The normalized spacial score (nSPS) is 12.0. The van der Waals surface area contributed by atoms with Crippen molar-refractivity contribution in [3.63, 3.8) is 0 Å². The van der Waals surface area contributed by atoms with Crippen LogP contribution >= 0.6 is 11.8 Å². The molecule has 6 nitrogen and oxygen atoms in total. The highest BCUT2D eigenvalue weighted by Gasteiger charge is 2.15. The summed E-state index contributed by atoms with van der Waals surface area (Å²) in [6.45, 7) is 6.09. The Hall–Kier alpha value is -2.67. The minimum absolute atomic E-state index is 0.0124. The molecule has 2 aromatic carbocycles. The average molecular weight is 396 g/mol. The van der Waals surface area contributed by atoms with Gasteiger partial charge in [-0.15, -0.1) is 5.10 Å². The summed E-state index contributed by atoms with van der Waals surface area (Å²) in [6.07, 6.45) is 1.85. The molecule has 0 saturated heterocycles. The minimum Gasteiger partial charge on any atom is -0.353 e. The summed E-state index contributed by atoms with van der Waals surface area (Å²) in [5.41, 5.74) is 4.43. The molecule has 0 bridgehead atoms. The van der Waals surface area contributed by atoms with Crippen molar-refractivity contribution in [3.8, 4) is 5.69 Å². The van der Waals surface area contributed by atoms with Gasteiger partial charge in [-0.1, -0.05) is 60.3 Å². The second-order valence-electron chi connectivity index (χ2n) is 6.90. The number of hydrogen-bond acceptors (Lipinski definition) is 5. The van der Waals surface area contributed by atoms with E-state index in [1.807, 2.05) is 57.2 Å². The lowest BCUT2D eigenvalue weighted by Gasteiger charge is -2.14. The molecule has 3 rings (SSSR count). The van der Waals surface area contributed by atoms with Gasteiger partial charge in [-0.3, -0.25) is 4.79 Å². The van der Waals surface area contributed by atoms with Crippen LogP contribution in [0, 0.1) is 13.8 Å². The number of nitrogens with one attached hydrogen (secondary N) is 1. The summed E-state index contributed by atoms with van der Waals surface area (Å²) in [6, 6.07) is 16.5. The van der Waals surface area contributed by atoms with Gasteiger partial charge in [-0.05, 0) is 60.7 Å². The number of para-hydroxylation sites is 1. The molecule has 3 aromatic rings. The predicted octanol–water partition coefficient (Wildman–Crippen LogP) is 3.51. The van der Waals surface area contributed by atoms with Gasteiger partial charge in [0.1, 0.15) is 0 Å². The van der Waals surface area contributed by atoms with Gasteiger partial charge in [0.05, 0.1) is 11.4 Å². The number of hydrogen-bond donors (Lipinski definition) is 1. The summed E-state index contributed by atoms with van der Waals surface area (Å²) in [7, 11) is 0. The topological polar surface area (TPSA) is 72.7 Å². The van der Waals surface area contributed by atoms with Crippen LogP contribution < -0.4 is 5.32 Å². The van der Waals surface area contributed by atoms with E-state index < -0.39 is 0 Å². The number of tetrazole rings is 1. The number of thioether (sulfide) groups is 1. The lowest BCUT2D eigenvalue weighted by Crippen LogP contribution is -2.34. The predicted molar refractivity (Wildman–Crippen MR) is 112 cm³/mol. The third-order valence-electron chi connectivity index (χ3n) is 4.54. The lowest BCUT2D eigenvalue weighted by molar-refractivity contribution is -0.119. The molecule has 1 N–H and O–H groups in total. The first kappa shape index (κ1) is 20.1. The molecule has 1 atom stereocenters. The molecule has 7 heteroatoms. The zero-order valence-electron chi connectivity index (χ0n) is 16.4. The highest BCUT2D eigenvalue weighted by atomic mass is 32.2. The standard InChI is InChI=1S/C21H25N5OS/c1-15-8-7-9-16(2)20(15)26-21(23-24-25-26)28-14-19(27)22-17(3)12-13-18-10-5-4-6-11-18/h4-11,17H,12-14H2,1-3H3,(H,22,27)/t17-/m1/s1. The van der Waals surface area contributed by atoms with Crippen LogP contribution in [0.15, 0.2) is 53.7 Å². The van der Waals surface area contributed by atoms with Gasteiger partial charge in [0, 0.05) is 6.04 Å². The molecule has 0 fully saturated rings. The van der Waals surface area contributed by atoms with E-state index in [1.165, 1.54) is 17.3 Å². The first-order valence-corrected chi connectivity index (χ1v) is 10.3. The number of carbonyl (C=O) groups excluding carboxylic acids is 1. The monoisotopic (exact) mass is 395 g/mol. The maximum absolute atomic E-state index is 12.3. The van der Waals surface area contributed by atoms with Crippen LogP contribution in [0.4, 0.5) is 0 Å². The van der Waals surface area contributed by atoms with Gasteiger partial charge in [0.25, 0.3) is 0 Å². The van der Waals surface area contributed by atoms with Crippen LogP contribution in [0.25, 0.3) is 5.69 Å². The molecule has 146 valence electrons. The summed E-state index contributed by atoms with van der Waals surface area (Å²) >= 11 is 1.35. The van der Waals surface area contributed by atoms with E-state index in [2.05, 4.69) is 33.0 Å². The van der Waals surface area contributed by atoms with Gasteiger partial charge in [-0.2, -0.15) is 4.68 Å². The number of aromatic nitrogens is 4. The van der Waals surface area contributed by atoms with E-state index in [4.69, 9.17) is 0 Å². The van der Waals surface area contributed by atoms with Gasteiger partial charge >= 0.3 is 0 Å². The van der Waals surface area contributed by atoms with Crippen molar-refractivity contribution >= 4 is 17.7 Å². The van der Waals surface area contributed by atoms with Crippen LogP contribution in [-0.4, -0.2) is 37.9 Å². The second kappa shape index (κ2) is 9.50. The first-order valence-electron chi connectivity index (χ1n) is 9.35. The van der Waals surface area contributed by atoms with Crippen LogP contribution in [-0.2, 0) is 11.2 Å². The minimum atomic E-state index is -0.0124. The number of nitrogens with zero attached hydrogens (tertiary/aromatic N) is 4. The van der Waals surface area contributed by atoms with Gasteiger partial charge in [0.15, 0.2) is 0 Å². The molecule has 0 unspecified atom stereocenters. The Labute approximate surface area is 169 Å². The van der Waals surface area contributed by atoms with E-state index in [-0.39, 0.29) is 17.7 Å². The van der Waals surface area contributed by atoms with Crippen molar-refractivity contribution in [2.75, 3.05) is 5.75 Å². The van der Waals surface area contributed by atoms with Crippen molar-refractivity contribution in [3.05, 3.63) is 65.2 Å². The molecule has 0 spiro atoms. The maximum Gasteiger partial charge on any atom is 0.230 e. The second-order valence-corrected chi connectivity index (χ2v) is 7.84. The zero-order valence-corrected chi connectivity index (χ0v) is 17.2. The fourth-order valence-electron chi connectivity index (χ4n) is 3.10. The fourth-order valence-corrected chi connectivity index (χ4v) is 3.78. The highest BCUT2D eigenvalue weighted by Crippen LogP contribution is 2.23. The van der Waals surface area contributed by atoms with Gasteiger partial charge < -0.3 is 5.32 Å². The molecule has 0 saturated carbocycles. The van der Waals surface area contributed by atoms with E-state index in [0.717, 1.165) is 29.7 Å². The Balaban J connectivity index is 1.53. The molecule has 0 radical (unpaired) electrons. The Bertz CT molecular complexity index is 905. The molecular weight excluding hydrogens is 370 g/mol. The van der Waals surface area contributed by atoms with Crippen molar-refractivity contribution in [1.82, 2.24) is 25.5 Å². The fraction of sp³-hybridized carbons (Fsp3) is 0.333. The van der Waals surface area contributed by atoms with Crippen LogP contribution in [0.2, 0.25) is 0 Å². The Morgan fingerprint density at radius 2 is 1.82 bits per heavy atom. The highest BCUT2D eigenvalue weighted by molar-refractivity contribution is 7.99. The van der Waals surface area contributed by atoms with E-state index >= 15 is 0 Å². The van der Waals surface area contributed by atoms with Crippen molar-refractivity contribution < 1.29 is 4.79 Å². The number of carbonyl (C=O) groups is 1. The van der Waals surface area contributed by atoms with Gasteiger partial charge in [-0.25, -0.2) is 0 Å².